The van der Waals surface area contributed by atoms with Crippen molar-refractivity contribution in [2.24, 2.45) is 4.99 Å². The Labute approximate surface area is 166 Å². The summed E-state index contributed by atoms with van der Waals surface area (Å²) in [6, 6.07) is 9.35. The Hall–Kier alpha value is -2.82. The van der Waals surface area contributed by atoms with E-state index >= 15 is 0 Å². The van der Waals surface area contributed by atoms with Crippen LogP contribution in [0.1, 0.15) is 60.2 Å². The van der Waals surface area contributed by atoms with E-state index < -0.39 is 5.97 Å². The number of hydrogen-bond acceptors (Lipinski definition) is 4. The van der Waals surface area contributed by atoms with Gasteiger partial charge in [0, 0.05) is 36.1 Å². The molecule has 28 heavy (non-hydrogen) atoms. The second-order valence-electron chi connectivity index (χ2n) is 8.14. The van der Waals surface area contributed by atoms with E-state index in [0.29, 0.717) is 17.2 Å². The minimum atomic E-state index is -0.944. The van der Waals surface area contributed by atoms with Gasteiger partial charge in [0.15, 0.2) is 0 Å². The van der Waals surface area contributed by atoms with Gasteiger partial charge in [0.05, 0.1) is 18.4 Å². The number of carboxylic acids is 1. The van der Waals surface area contributed by atoms with E-state index in [1.54, 1.807) is 32.4 Å². The van der Waals surface area contributed by atoms with Crippen molar-refractivity contribution in [3.63, 3.8) is 0 Å². The van der Waals surface area contributed by atoms with Gasteiger partial charge < -0.3 is 14.7 Å². The van der Waals surface area contributed by atoms with Crippen LogP contribution in [0.25, 0.3) is 0 Å². The summed E-state index contributed by atoms with van der Waals surface area (Å²) in [6.07, 6.45) is 2.83. The molecular formula is C23H28N2O3. The van der Waals surface area contributed by atoms with Crippen LogP contribution in [0.3, 0.4) is 0 Å². The zero-order chi connectivity index (χ0) is 20.6. The largest absolute Gasteiger partial charge is 0.496 e. The number of carbonyl (C=O) groups is 1. The molecule has 0 saturated heterocycles. The van der Waals surface area contributed by atoms with Gasteiger partial charge in [-0.2, -0.15) is 0 Å². The normalized spacial score (nSPS) is 18.2. The molecule has 2 aromatic rings. The van der Waals surface area contributed by atoms with Crippen LogP contribution in [-0.4, -0.2) is 37.0 Å². The zero-order valence-corrected chi connectivity index (χ0v) is 17.4. The van der Waals surface area contributed by atoms with Gasteiger partial charge in [0.2, 0.25) is 0 Å². The summed E-state index contributed by atoms with van der Waals surface area (Å²) in [5.74, 6) is 0.239. The lowest BCUT2D eigenvalue weighted by Gasteiger charge is -2.45. The lowest BCUT2D eigenvalue weighted by Crippen LogP contribution is -2.45. The highest BCUT2D eigenvalue weighted by Gasteiger charge is 2.34. The van der Waals surface area contributed by atoms with Crippen LogP contribution in [0.5, 0.6) is 5.75 Å². The van der Waals surface area contributed by atoms with Crippen molar-refractivity contribution in [3.05, 3.63) is 52.6 Å². The van der Waals surface area contributed by atoms with E-state index in [1.165, 1.54) is 11.3 Å². The van der Waals surface area contributed by atoms with Crippen LogP contribution >= 0.6 is 0 Å². The highest BCUT2D eigenvalue weighted by Crippen LogP contribution is 2.44. The summed E-state index contributed by atoms with van der Waals surface area (Å²) < 4.78 is 5.63. The fourth-order valence-corrected chi connectivity index (χ4v) is 4.02. The van der Waals surface area contributed by atoms with Crippen molar-refractivity contribution in [1.29, 1.82) is 0 Å². The van der Waals surface area contributed by atoms with E-state index in [4.69, 9.17) is 4.74 Å². The summed E-state index contributed by atoms with van der Waals surface area (Å²) in [5, 5.41) is 9.31. The molecule has 0 fully saturated rings. The number of anilines is 1. The first-order chi connectivity index (χ1) is 13.2. The Bertz CT molecular complexity index is 947. The average Bonchev–Trinajstić information content (AvgIpc) is 2.64. The van der Waals surface area contributed by atoms with Crippen molar-refractivity contribution < 1.29 is 14.6 Å². The van der Waals surface area contributed by atoms with Crippen molar-refractivity contribution in [2.75, 3.05) is 19.1 Å². The van der Waals surface area contributed by atoms with Crippen molar-refractivity contribution in [2.45, 2.75) is 45.6 Å². The number of rotatable bonds is 4. The molecule has 148 valence electrons. The molecule has 1 N–H and O–H groups in total. The molecule has 2 aromatic carbocycles. The minimum Gasteiger partial charge on any atom is -0.496 e. The van der Waals surface area contributed by atoms with E-state index in [0.717, 1.165) is 17.7 Å². The third kappa shape index (κ3) is 3.49. The van der Waals surface area contributed by atoms with Gasteiger partial charge in [0.25, 0.3) is 0 Å². The molecule has 5 nitrogen and oxygen atoms in total. The fraction of sp³-hybridized carbons (Fsp3) is 0.391. The van der Waals surface area contributed by atoms with Gasteiger partial charge >= 0.3 is 5.97 Å². The van der Waals surface area contributed by atoms with Gasteiger partial charge in [-0.3, -0.25) is 4.99 Å². The third-order valence-electron chi connectivity index (χ3n) is 5.86. The number of hydrogen-bond donors (Lipinski definition) is 1. The Kier molecular flexibility index (Phi) is 5.20. The Balaban J connectivity index is 2.05. The molecule has 0 spiro atoms. The molecule has 1 aliphatic rings. The molecule has 1 heterocycles. The monoisotopic (exact) mass is 380 g/mol. The highest BCUT2D eigenvalue weighted by atomic mass is 16.5. The van der Waals surface area contributed by atoms with E-state index in [9.17, 15) is 9.90 Å². The molecule has 0 aromatic heterocycles. The molecule has 0 saturated carbocycles. The minimum absolute atomic E-state index is 0.0847. The number of nitrogens with zero attached hydrogens (tertiary/aromatic N) is 2. The molecule has 1 atom stereocenters. The summed E-state index contributed by atoms with van der Waals surface area (Å²) in [4.78, 5) is 18.2. The van der Waals surface area contributed by atoms with Crippen LogP contribution in [0.4, 0.5) is 11.4 Å². The predicted molar refractivity (Wildman–Crippen MR) is 114 cm³/mol. The van der Waals surface area contributed by atoms with Gasteiger partial charge in [0.1, 0.15) is 5.75 Å². The quantitative estimate of drug-likeness (QED) is 0.743. The third-order valence-corrected chi connectivity index (χ3v) is 5.86. The number of ether oxygens (including phenoxy) is 1. The first-order valence-electron chi connectivity index (χ1n) is 9.48. The van der Waals surface area contributed by atoms with Crippen molar-refractivity contribution >= 4 is 23.6 Å². The Morgan fingerprint density at radius 1 is 1.36 bits per heavy atom. The first kappa shape index (κ1) is 19.9. The molecule has 1 unspecified atom stereocenters. The molecular weight excluding hydrogens is 352 g/mol. The summed E-state index contributed by atoms with van der Waals surface area (Å²) in [7, 11) is 3.78. The van der Waals surface area contributed by atoms with Crippen LogP contribution in [-0.2, 0) is 0 Å². The molecule has 5 heteroatoms. The number of aliphatic imine (C=N–C) groups is 1. The number of methoxy groups -OCH3 is 1. The van der Waals surface area contributed by atoms with E-state index in [-0.39, 0.29) is 11.1 Å². The maximum atomic E-state index is 11.4. The maximum absolute atomic E-state index is 11.4. The standard InChI is InChI=1S/C23H28N2O3/c1-14-12-23(3,4)25(5)20-11-21(28-6)16(10-18(14)20)13-24-19-9-7-8-17(15(19)2)22(26)27/h7-11,13-14H,12H2,1-6H3,(H,26,27). The van der Waals surface area contributed by atoms with Gasteiger partial charge in [-0.1, -0.05) is 13.0 Å². The summed E-state index contributed by atoms with van der Waals surface area (Å²) in [6.45, 7) is 8.54. The van der Waals surface area contributed by atoms with Crippen LogP contribution < -0.4 is 9.64 Å². The highest BCUT2D eigenvalue weighted by molar-refractivity contribution is 5.92. The van der Waals surface area contributed by atoms with E-state index in [2.05, 4.69) is 49.8 Å². The van der Waals surface area contributed by atoms with Crippen LogP contribution in [0.2, 0.25) is 0 Å². The Morgan fingerprint density at radius 2 is 2.07 bits per heavy atom. The lowest BCUT2D eigenvalue weighted by atomic mass is 9.80. The molecule has 0 radical (unpaired) electrons. The second-order valence-corrected chi connectivity index (χ2v) is 8.14. The number of aromatic carboxylic acids is 1. The van der Waals surface area contributed by atoms with Gasteiger partial charge in [-0.05, 0) is 62.4 Å². The number of fused-ring (bicyclic) bond motifs is 1. The van der Waals surface area contributed by atoms with Crippen molar-refractivity contribution in [3.8, 4) is 5.75 Å². The Morgan fingerprint density at radius 3 is 2.71 bits per heavy atom. The average molecular weight is 380 g/mol. The van der Waals surface area contributed by atoms with Gasteiger partial charge in [-0.25, -0.2) is 4.79 Å². The van der Waals surface area contributed by atoms with Crippen molar-refractivity contribution in [1.82, 2.24) is 0 Å². The molecule has 0 aliphatic carbocycles. The zero-order valence-electron chi connectivity index (χ0n) is 17.4. The van der Waals surface area contributed by atoms with Gasteiger partial charge in [-0.15, -0.1) is 0 Å². The second kappa shape index (κ2) is 7.30. The number of carboxylic acid groups (broad SMARTS) is 1. The topological polar surface area (TPSA) is 62.1 Å². The van der Waals surface area contributed by atoms with Crippen LogP contribution in [0, 0.1) is 6.92 Å². The smallest absolute Gasteiger partial charge is 0.336 e. The van der Waals surface area contributed by atoms with E-state index in [1.807, 2.05) is 6.07 Å². The SMILES string of the molecule is COc1cc2c(cc1C=Nc1cccc(C(=O)O)c1C)C(C)CC(C)(C)N2C. The molecule has 0 bridgehead atoms. The van der Waals surface area contributed by atoms with Crippen LogP contribution in [0.15, 0.2) is 35.3 Å². The molecule has 3 rings (SSSR count). The molecule has 0 amide bonds. The summed E-state index contributed by atoms with van der Waals surface area (Å²) >= 11 is 0. The fourth-order valence-electron chi connectivity index (χ4n) is 4.02. The maximum Gasteiger partial charge on any atom is 0.336 e. The molecule has 1 aliphatic heterocycles. The summed E-state index contributed by atoms with van der Waals surface area (Å²) in [5.41, 5.74) is 5.00. The first-order valence-corrected chi connectivity index (χ1v) is 9.48. The predicted octanol–water partition coefficient (Wildman–Crippen LogP) is 5.17. The lowest BCUT2D eigenvalue weighted by molar-refractivity contribution is 0.0696. The number of benzene rings is 2.